The summed E-state index contributed by atoms with van der Waals surface area (Å²) in [4.78, 5) is 26.7. The minimum atomic E-state index is -0.860. The van der Waals surface area contributed by atoms with Crippen LogP contribution in [-0.2, 0) is 16.1 Å². The van der Waals surface area contributed by atoms with Gasteiger partial charge in [0.1, 0.15) is 23.3 Å². The summed E-state index contributed by atoms with van der Waals surface area (Å²) in [6.07, 6.45) is 2.94. The molecule has 3 aromatic rings. The lowest BCUT2D eigenvalue weighted by molar-refractivity contribution is -0.140. The number of Topliss-reactive ketones (excluding diaryl/α,β-unsaturated/α-hetero) is 1. The van der Waals surface area contributed by atoms with Gasteiger partial charge in [0.2, 0.25) is 0 Å². The maximum Gasteiger partial charge on any atom is 0.296 e. The first-order valence-electron chi connectivity index (χ1n) is 8.16. The number of hydrogen-bond acceptors (Lipinski definition) is 5. The Bertz CT molecular complexity index is 1000. The highest BCUT2D eigenvalue weighted by molar-refractivity contribution is 6.46. The molecular formula is C20H14ClNO5. The van der Waals surface area contributed by atoms with Crippen molar-refractivity contribution < 1.29 is 23.5 Å². The second-order valence-corrected chi connectivity index (χ2v) is 6.47. The van der Waals surface area contributed by atoms with Gasteiger partial charge in [0.15, 0.2) is 0 Å². The number of aliphatic hydroxyl groups excluding tert-OH is 1. The zero-order valence-electron chi connectivity index (χ0n) is 14.0. The molecule has 0 bridgehead atoms. The van der Waals surface area contributed by atoms with Gasteiger partial charge in [-0.3, -0.25) is 9.59 Å². The van der Waals surface area contributed by atoms with Crippen LogP contribution < -0.4 is 0 Å². The van der Waals surface area contributed by atoms with E-state index in [4.69, 9.17) is 20.4 Å². The van der Waals surface area contributed by atoms with Crippen molar-refractivity contribution in [3.63, 3.8) is 0 Å². The van der Waals surface area contributed by atoms with Crippen molar-refractivity contribution in [2.75, 3.05) is 0 Å². The Balaban J connectivity index is 1.83. The van der Waals surface area contributed by atoms with Crippen molar-refractivity contribution in [1.82, 2.24) is 4.90 Å². The fourth-order valence-corrected chi connectivity index (χ4v) is 3.25. The van der Waals surface area contributed by atoms with E-state index >= 15 is 0 Å². The number of halogens is 1. The van der Waals surface area contributed by atoms with Crippen molar-refractivity contribution in [3.05, 3.63) is 88.7 Å². The van der Waals surface area contributed by atoms with E-state index in [1.165, 1.54) is 17.4 Å². The van der Waals surface area contributed by atoms with Gasteiger partial charge in [-0.05, 0) is 48.5 Å². The number of rotatable bonds is 4. The van der Waals surface area contributed by atoms with Crippen molar-refractivity contribution in [3.8, 4) is 0 Å². The molecule has 3 heterocycles. The van der Waals surface area contributed by atoms with E-state index in [9.17, 15) is 14.7 Å². The van der Waals surface area contributed by atoms with Gasteiger partial charge in [0.05, 0.1) is 24.6 Å². The standard InChI is InChI=1S/C20H14ClNO5/c21-13-7-5-12(6-8-13)18(23)16-17(15-4-2-10-27-15)22(20(25)19(16)24)11-14-3-1-9-26-14/h1-10,17,23H,11H2. The Labute approximate surface area is 159 Å². The van der Waals surface area contributed by atoms with Crippen LogP contribution in [0.25, 0.3) is 5.76 Å². The lowest BCUT2D eigenvalue weighted by atomic mass is 9.99. The van der Waals surface area contributed by atoms with E-state index in [-0.39, 0.29) is 17.9 Å². The Kier molecular flexibility index (Phi) is 4.33. The third-order valence-corrected chi connectivity index (χ3v) is 4.63. The summed E-state index contributed by atoms with van der Waals surface area (Å²) < 4.78 is 10.8. The summed E-state index contributed by atoms with van der Waals surface area (Å²) in [7, 11) is 0. The van der Waals surface area contributed by atoms with Crippen LogP contribution in [0.1, 0.15) is 23.1 Å². The molecule has 1 unspecified atom stereocenters. The fourth-order valence-electron chi connectivity index (χ4n) is 3.12. The van der Waals surface area contributed by atoms with Gasteiger partial charge < -0.3 is 18.8 Å². The zero-order chi connectivity index (χ0) is 19.0. The van der Waals surface area contributed by atoms with E-state index in [1.807, 2.05) is 0 Å². The highest BCUT2D eigenvalue weighted by Crippen LogP contribution is 2.40. The van der Waals surface area contributed by atoms with Crippen LogP contribution in [0.5, 0.6) is 0 Å². The van der Waals surface area contributed by atoms with Crippen molar-refractivity contribution in [1.29, 1.82) is 0 Å². The van der Waals surface area contributed by atoms with E-state index in [0.717, 1.165) is 0 Å². The number of aliphatic hydroxyl groups is 1. The zero-order valence-corrected chi connectivity index (χ0v) is 14.7. The second kappa shape index (κ2) is 6.81. The average Bonchev–Trinajstić information content (AvgIpc) is 3.40. The van der Waals surface area contributed by atoms with Crippen LogP contribution in [0.2, 0.25) is 5.02 Å². The van der Waals surface area contributed by atoms with E-state index in [0.29, 0.717) is 22.1 Å². The molecule has 1 N–H and O–H groups in total. The normalized spacial score (nSPS) is 19.0. The Morgan fingerprint density at radius 2 is 1.74 bits per heavy atom. The van der Waals surface area contributed by atoms with Crippen LogP contribution in [0.15, 0.2) is 75.5 Å². The van der Waals surface area contributed by atoms with Gasteiger partial charge in [-0.15, -0.1) is 0 Å². The van der Waals surface area contributed by atoms with Gasteiger partial charge in [0.25, 0.3) is 11.7 Å². The number of benzene rings is 1. The largest absolute Gasteiger partial charge is 0.507 e. The molecule has 1 aliphatic rings. The number of amides is 1. The predicted molar refractivity (Wildman–Crippen MR) is 96.7 cm³/mol. The molecule has 1 saturated heterocycles. The van der Waals surface area contributed by atoms with Crippen LogP contribution in [0.4, 0.5) is 0 Å². The molecule has 1 atom stereocenters. The molecule has 27 heavy (non-hydrogen) atoms. The maximum atomic E-state index is 12.7. The third-order valence-electron chi connectivity index (χ3n) is 4.38. The molecule has 7 heteroatoms. The molecule has 1 amide bonds. The quantitative estimate of drug-likeness (QED) is 0.415. The van der Waals surface area contributed by atoms with Gasteiger partial charge in [0, 0.05) is 10.6 Å². The molecule has 0 spiro atoms. The molecule has 0 radical (unpaired) electrons. The molecule has 6 nitrogen and oxygen atoms in total. The first-order valence-corrected chi connectivity index (χ1v) is 8.54. The van der Waals surface area contributed by atoms with Crippen LogP contribution in [-0.4, -0.2) is 21.7 Å². The van der Waals surface area contributed by atoms with Gasteiger partial charge in [-0.2, -0.15) is 0 Å². The van der Waals surface area contributed by atoms with Crippen LogP contribution in [0, 0.1) is 0 Å². The van der Waals surface area contributed by atoms with Crippen molar-refractivity contribution >= 4 is 29.1 Å². The summed E-state index contributed by atoms with van der Waals surface area (Å²) in [6.45, 7) is 0.0698. The van der Waals surface area contributed by atoms with Crippen molar-refractivity contribution in [2.24, 2.45) is 0 Å². The number of furan rings is 2. The Morgan fingerprint density at radius 3 is 2.37 bits per heavy atom. The summed E-state index contributed by atoms with van der Waals surface area (Å²) in [5.41, 5.74) is 0.343. The second-order valence-electron chi connectivity index (χ2n) is 6.03. The van der Waals surface area contributed by atoms with Crippen LogP contribution in [0.3, 0.4) is 0 Å². The molecule has 0 aliphatic carbocycles. The lowest BCUT2D eigenvalue weighted by Crippen LogP contribution is -2.28. The first-order chi connectivity index (χ1) is 13.1. The predicted octanol–water partition coefficient (Wildman–Crippen LogP) is 4.15. The minimum Gasteiger partial charge on any atom is -0.507 e. The third kappa shape index (κ3) is 3.04. The molecular weight excluding hydrogens is 370 g/mol. The van der Waals surface area contributed by atoms with E-state index < -0.39 is 17.7 Å². The fraction of sp³-hybridized carbons (Fsp3) is 0.100. The number of likely N-dealkylation sites (tertiary alicyclic amines) is 1. The Morgan fingerprint density at radius 1 is 1.04 bits per heavy atom. The summed E-state index contributed by atoms with van der Waals surface area (Å²) in [6, 6.07) is 12.2. The number of carbonyl (C=O) groups is 2. The summed E-state index contributed by atoms with van der Waals surface area (Å²) in [5, 5.41) is 11.3. The molecule has 1 aliphatic heterocycles. The number of hydrogen-bond donors (Lipinski definition) is 1. The number of carbonyl (C=O) groups excluding carboxylic acids is 2. The van der Waals surface area contributed by atoms with Crippen LogP contribution >= 0.6 is 11.6 Å². The molecule has 0 saturated carbocycles. The maximum absolute atomic E-state index is 12.7. The molecule has 4 rings (SSSR count). The SMILES string of the molecule is O=C1C(=O)N(Cc2ccco2)C(c2ccco2)C1=C(O)c1ccc(Cl)cc1. The minimum absolute atomic E-state index is 0.0381. The van der Waals surface area contributed by atoms with Gasteiger partial charge in [-0.1, -0.05) is 11.6 Å². The van der Waals surface area contributed by atoms with E-state index in [2.05, 4.69) is 0 Å². The van der Waals surface area contributed by atoms with Crippen molar-refractivity contribution in [2.45, 2.75) is 12.6 Å². The first kappa shape index (κ1) is 17.2. The Hall–Kier alpha value is -3.25. The summed E-state index contributed by atoms with van der Waals surface area (Å²) >= 11 is 5.89. The molecule has 2 aromatic heterocycles. The van der Waals surface area contributed by atoms with E-state index in [1.54, 1.807) is 48.5 Å². The molecule has 136 valence electrons. The van der Waals surface area contributed by atoms with Gasteiger partial charge >= 0.3 is 0 Å². The molecule has 1 fully saturated rings. The molecule has 1 aromatic carbocycles. The summed E-state index contributed by atoms with van der Waals surface area (Å²) in [5.74, 6) is -0.914. The monoisotopic (exact) mass is 383 g/mol. The number of nitrogens with zero attached hydrogens (tertiary/aromatic N) is 1. The smallest absolute Gasteiger partial charge is 0.296 e. The number of ketones is 1. The highest BCUT2D eigenvalue weighted by atomic mass is 35.5. The van der Waals surface area contributed by atoms with Gasteiger partial charge in [-0.25, -0.2) is 0 Å². The topological polar surface area (TPSA) is 83.9 Å². The lowest BCUT2D eigenvalue weighted by Gasteiger charge is -2.22. The highest BCUT2D eigenvalue weighted by Gasteiger charge is 2.47. The average molecular weight is 384 g/mol.